The Kier molecular flexibility index (Phi) is 5.53. The van der Waals surface area contributed by atoms with Crippen molar-refractivity contribution in [3.63, 3.8) is 0 Å². The molecule has 0 bridgehead atoms. The number of rotatable bonds is 4. The van der Waals surface area contributed by atoms with Gasteiger partial charge in [0.15, 0.2) is 5.69 Å². The second-order valence-corrected chi connectivity index (χ2v) is 7.23. The van der Waals surface area contributed by atoms with E-state index in [0.29, 0.717) is 12.2 Å². The molecule has 2 amide bonds. The largest absolute Gasteiger partial charge is 0.479 e. The Labute approximate surface area is 164 Å². The maximum Gasteiger partial charge on any atom is 0.356 e. The van der Waals surface area contributed by atoms with Crippen LogP contribution in [0.5, 0.6) is 5.88 Å². The van der Waals surface area contributed by atoms with Gasteiger partial charge in [-0.05, 0) is 38.0 Å². The summed E-state index contributed by atoms with van der Waals surface area (Å²) in [5.74, 6) is -0.156. The molecule has 1 N–H and O–H groups in total. The van der Waals surface area contributed by atoms with Gasteiger partial charge in [-0.1, -0.05) is 30.3 Å². The Morgan fingerprint density at radius 3 is 2.50 bits per heavy atom. The average Bonchev–Trinajstić information content (AvgIpc) is 3.03. The fourth-order valence-electron chi connectivity index (χ4n) is 3.80. The summed E-state index contributed by atoms with van der Waals surface area (Å²) < 4.78 is 9.90. The van der Waals surface area contributed by atoms with Gasteiger partial charge in [0.25, 0.3) is 0 Å². The van der Waals surface area contributed by atoms with E-state index in [9.17, 15) is 9.59 Å². The summed E-state index contributed by atoms with van der Waals surface area (Å²) in [7, 11) is 2.72. The SMILES string of the molecule is COC(=O)c1ccc(NC(=O)N2CCC(c3ccccc3)C2(C)C)c(OC)n1. The monoisotopic (exact) mass is 383 g/mol. The van der Waals surface area contributed by atoms with E-state index in [1.165, 1.54) is 25.8 Å². The summed E-state index contributed by atoms with van der Waals surface area (Å²) in [6, 6.07) is 13.1. The van der Waals surface area contributed by atoms with Gasteiger partial charge in [-0.2, -0.15) is 0 Å². The van der Waals surface area contributed by atoms with Crippen LogP contribution in [0.15, 0.2) is 42.5 Å². The molecule has 1 fully saturated rings. The molecule has 0 saturated carbocycles. The lowest BCUT2D eigenvalue weighted by Gasteiger charge is -2.36. The summed E-state index contributed by atoms with van der Waals surface area (Å²) in [6.07, 6.45) is 0.890. The molecule has 0 radical (unpaired) electrons. The van der Waals surface area contributed by atoms with Crippen molar-refractivity contribution in [2.45, 2.75) is 31.7 Å². The number of amides is 2. The number of ether oxygens (including phenoxy) is 2. The lowest BCUT2D eigenvalue weighted by Crippen LogP contribution is -2.47. The number of nitrogens with one attached hydrogen (secondary N) is 1. The standard InChI is InChI=1S/C21H25N3O4/c1-21(2)15(14-8-6-5-7-9-14)12-13-24(21)20(26)23-16-10-11-17(19(25)28-4)22-18(16)27-3/h5-11,15H,12-13H2,1-4H3,(H,23,26). The molecule has 1 aliphatic rings. The first-order chi connectivity index (χ1) is 13.4. The third-order valence-electron chi connectivity index (χ3n) is 5.33. The first kappa shape index (κ1) is 19.7. The second-order valence-electron chi connectivity index (χ2n) is 7.23. The highest BCUT2D eigenvalue weighted by Crippen LogP contribution is 2.42. The zero-order valence-electron chi connectivity index (χ0n) is 16.6. The van der Waals surface area contributed by atoms with Crippen LogP contribution in [0.3, 0.4) is 0 Å². The average molecular weight is 383 g/mol. The van der Waals surface area contributed by atoms with E-state index in [0.717, 1.165) is 6.42 Å². The zero-order chi connectivity index (χ0) is 20.3. The number of carbonyl (C=O) groups excluding carboxylic acids is 2. The van der Waals surface area contributed by atoms with Crippen molar-refractivity contribution in [2.75, 3.05) is 26.1 Å². The number of nitrogens with zero attached hydrogens (tertiary/aromatic N) is 2. The summed E-state index contributed by atoms with van der Waals surface area (Å²) in [4.78, 5) is 30.6. The summed E-state index contributed by atoms with van der Waals surface area (Å²) in [6.45, 7) is 4.80. The van der Waals surface area contributed by atoms with Crippen LogP contribution in [0, 0.1) is 0 Å². The fraction of sp³-hybridized carbons (Fsp3) is 0.381. The summed E-state index contributed by atoms with van der Waals surface area (Å²) in [5, 5.41) is 2.86. The lowest BCUT2D eigenvalue weighted by atomic mass is 9.83. The molecular weight excluding hydrogens is 358 g/mol. The second kappa shape index (κ2) is 7.88. The van der Waals surface area contributed by atoms with E-state index in [1.807, 2.05) is 23.1 Å². The highest BCUT2D eigenvalue weighted by atomic mass is 16.5. The summed E-state index contributed by atoms with van der Waals surface area (Å²) in [5.41, 5.74) is 1.39. The zero-order valence-corrected chi connectivity index (χ0v) is 16.6. The minimum absolute atomic E-state index is 0.114. The van der Waals surface area contributed by atoms with E-state index >= 15 is 0 Å². The number of hydrogen-bond acceptors (Lipinski definition) is 5. The number of pyridine rings is 1. The van der Waals surface area contributed by atoms with Gasteiger partial charge >= 0.3 is 12.0 Å². The van der Waals surface area contributed by atoms with Crippen LogP contribution in [0.4, 0.5) is 10.5 Å². The van der Waals surface area contributed by atoms with Gasteiger partial charge < -0.3 is 19.7 Å². The number of esters is 1. The predicted molar refractivity (Wildman–Crippen MR) is 106 cm³/mol. The molecule has 7 heteroatoms. The molecule has 1 aromatic heterocycles. The third-order valence-corrected chi connectivity index (χ3v) is 5.33. The van der Waals surface area contributed by atoms with Crippen LogP contribution in [0.1, 0.15) is 42.2 Å². The number of hydrogen-bond donors (Lipinski definition) is 1. The Morgan fingerprint density at radius 1 is 1.14 bits per heavy atom. The first-order valence-electron chi connectivity index (χ1n) is 9.15. The van der Waals surface area contributed by atoms with Gasteiger partial charge in [0.2, 0.25) is 5.88 Å². The smallest absolute Gasteiger partial charge is 0.356 e. The Bertz CT molecular complexity index is 867. The molecule has 3 rings (SSSR count). The van der Waals surface area contributed by atoms with Crippen molar-refractivity contribution >= 4 is 17.7 Å². The number of likely N-dealkylation sites (tertiary alicyclic amines) is 1. The van der Waals surface area contributed by atoms with Gasteiger partial charge in [-0.3, -0.25) is 0 Å². The molecule has 7 nitrogen and oxygen atoms in total. The molecule has 0 aliphatic carbocycles. The molecule has 1 saturated heterocycles. The van der Waals surface area contributed by atoms with Crippen LogP contribution in [0.25, 0.3) is 0 Å². The van der Waals surface area contributed by atoms with E-state index in [2.05, 4.69) is 41.0 Å². The van der Waals surface area contributed by atoms with Crippen molar-refractivity contribution in [3.8, 4) is 5.88 Å². The van der Waals surface area contributed by atoms with Gasteiger partial charge in [0, 0.05) is 18.0 Å². The van der Waals surface area contributed by atoms with E-state index in [-0.39, 0.29) is 29.1 Å². The molecule has 1 aromatic carbocycles. The molecule has 28 heavy (non-hydrogen) atoms. The van der Waals surface area contributed by atoms with Crippen molar-refractivity contribution in [1.82, 2.24) is 9.88 Å². The van der Waals surface area contributed by atoms with Gasteiger partial charge in [0.05, 0.1) is 14.2 Å². The quantitative estimate of drug-likeness (QED) is 0.815. The number of carbonyl (C=O) groups is 2. The van der Waals surface area contributed by atoms with Crippen LogP contribution in [0.2, 0.25) is 0 Å². The van der Waals surface area contributed by atoms with Crippen LogP contribution in [-0.2, 0) is 4.74 Å². The van der Waals surface area contributed by atoms with Gasteiger partial charge in [-0.15, -0.1) is 0 Å². The fourth-order valence-corrected chi connectivity index (χ4v) is 3.80. The van der Waals surface area contributed by atoms with E-state index in [1.54, 1.807) is 6.07 Å². The molecule has 1 unspecified atom stereocenters. The molecule has 2 heterocycles. The molecule has 1 aliphatic heterocycles. The normalized spacial score (nSPS) is 17.9. The number of benzene rings is 1. The third kappa shape index (κ3) is 3.65. The van der Waals surface area contributed by atoms with E-state index < -0.39 is 5.97 Å². The van der Waals surface area contributed by atoms with Crippen molar-refractivity contribution in [3.05, 3.63) is 53.7 Å². The summed E-state index contributed by atoms with van der Waals surface area (Å²) >= 11 is 0. The molecule has 148 valence electrons. The topological polar surface area (TPSA) is 80.8 Å². The van der Waals surface area contributed by atoms with Crippen LogP contribution in [-0.4, -0.2) is 48.2 Å². The Balaban J connectivity index is 1.79. The Morgan fingerprint density at radius 2 is 1.86 bits per heavy atom. The molecule has 2 aromatic rings. The van der Waals surface area contributed by atoms with Crippen molar-refractivity contribution in [2.24, 2.45) is 0 Å². The minimum atomic E-state index is -0.567. The maximum atomic E-state index is 13.0. The number of methoxy groups -OCH3 is 2. The number of anilines is 1. The predicted octanol–water partition coefficient (Wildman–Crippen LogP) is 3.68. The van der Waals surface area contributed by atoms with Crippen LogP contribution >= 0.6 is 0 Å². The van der Waals surface area contributed by atoms with Crippen molar-refractivity contribution < 1.29 is 19.1 Å². The highest BCUT2D eigenvalue weighted by molar-refractivity contribution is 5.93. The van der Waals surface area contributed by atoms with Gasteiger partial charge in [-0.25, -0.2) is 14.6 Å². The molecule has 1 atom stereocenters. The number of urea groups is 1. The van der Waals surface area contributed by atoms with Gasteiger partial charge in [0.1, 0.15) is 5.69 Å². The first-order valence-corrected chi connectivity index (χ1v) is 9.15. The molecule has 0 spiro atoms. The maximum absolute atomic E-state index is 13.0. The molecular formula is C21H25N3O4. The van der Waals surface area contributed by atoms with Crippen molar-refractivity contribution in [1.29, 1.82) is 0 Å². The minimum Gasteiger partial charge on any atom is -0.479 e. The van der Waals surface area contributed by atoms with Crippen LogP contribution < -0.4 is 10.1 Å². The highest BCUT2D eigenvalue weighted by Gasteiger charge is 2.44. The van der Waals surface area contributed by atoms with E-state index in [4.69, 9.17) is 4.74 Å². The Hall–Kier alpha value is -3.09. The number of aromatic nitrogens is 1. The lowest BCUT2D eigenvalue weighted by molar-refractivity contribution is 0.0593.